The molecule has 0 radical (unpaired) electrons. The number of nitrogens with one attached hydrogen (secondary N) is 1. The summed E-state index contributed by atoms with van der Waals surface area (Å²) in [4.78, 5) is 23.5. The highest BCUT2D eigenvalue weighted by Crippen LogP contribution is 2.43. The van der Waals surface area contributed by atoms with E-state index in [-0.39, 0.29) is 11.8 Å². The van der Waals surface area contributed by atoms with Crippen LogP contribution >= 0.6 is 27.7 Å². The van der Waals surface area contributed by atoms with Gasteiger partial charge in [-0.25, -0.2) is 5.01 Å². The molecule has 1 aliphatic rings. The SMILES string of the molecule is CC(=O)NC1=NN(C(C)=O)C(c2cc(Br)ccc2OCCOc2ccccc2C)S1. The molecule has 0 spiro atoms. The second-order valence-electron chi connectivity index (χ2n) is 6.56. The van der Waals surface area contributed by atoms with Crippen LogP contribution in [0.1, 0.15) is 30.3 Å². The highest BCUT2D eigenvalue weighted by molar-refractivity contribution is 9.10. The van der Waals surface area contributed by atoms with Gasteiger partial charge in [0.25, 0.3) is 0 Å². The average Bonchev–Trinajstić information content (AvgIpc) is 3.10. The van der Waals surface area contributed by atoms with Crippen LogP contribution in [0.15, 0.2) is 52.0 Å². The lowest BCUT2D eigenvalue weighted by Gasteiger charge is -2.22. The Kier molecular flexibility index (Phi) is 7.38. The summed E-state index contributed by atoms with van der Waals surface area (Å²) >= 11 is 4.76. The summed E-state index contributed by atoms with van der Waals surface area (Å²) in [6.45, 7) is 5.53. The average molecular weight is 492 g/mol. The molecule has 9 heteroatoms. The number of amidine groups is 1. The van der Waals surface area contributed by atoms with E-state index in [4.69, 9.17) is 9.47 Å². The number of benzene rings is 2. The molecule has 0 aliphatic carbocycles. The molecule has 1 heterocycles. The van der Waals surface area contributed by atoms with Crippen LogP contribution in [0.5, 0.6) is 11.5 Å². The Hall–Kier alpha value is -2.52. The van der Waals surface area contributed by atoms with E-state index in [1.807, 2.05) is 49.4 Å². The maximum Gasteiger partial charge on any atom is 0.241 e. The molecule has 0 fully saturated rings. The highest BCUT2D eigenvalue weighted by atomic mass is 79.9. The van der Waals surface area contributed by atoms with Crippen molar-refractivity contribution < 1.29 is 19.1 Å². The van der Waals surface area contributed by atoms with Crippen molar-refractivity contribution >= 4 is 44.7 Å². The van der Waals surface area contributed by atoms with Crippen LogP contribution in [0.25, 0.3) is 0 Å². The molecule has 2 aromatic rings. The molecule has 158 valence electrons. The van der Waals surface area contributed by atoms with Gasteiger partial charge in [-0.1, -0.05) is 45.9 Å². The summed E-state index contributed by atoms with van der Waals surface area (Å²) < 4.78 is 12.6. The Labute approximate surface area is 187 Å². The molecule has 2 aromatic carbocycles. The number of hydrazone groups is 1. The number of carbonyl (C=O) groups is 2. The number of nitrogens with zero attached hydrogens (tertiary/aromatic N) is 2. The Morgan fingerprint density at radius 3 is 2.50 bits per heavy atom. The molecule has 3 rings (SSSR count). The van der Waals surface area contributed by atoms with Gasteiger partial charge in [-0.2, -0.15) is 0 Å². The van der Waals surface area contributed by atoms with Crippen LogP contribution in [-0.4, -0.2) is 35.2 Å². The molecular weight excluding hydrogens is 470 g/mol. The number of carbonyl (C=O) groups excluding carboxylic acids is 2. The second-order valence-corrected chi connectivity index (χ2v) is 8.55. The molecule has 1 N–H and O–H groups in total. The number of ether oxygens (including phenoxy) is 2. The number of hydrogen-bond donors (Lipinski definition) is 1. The zero-order valence-electron chi connectivity index (χ0n) is 16.8. The largest absolute Gasteiger partial charge is 0.490 e. The number of rotatable bonds is 6. The number of thioether (sulfide) groups is 1. The van der Waals surface area contributed by atoms with Crippen LogP contribution in [0.3, 0.4) is 0 Å². The number of halogens is 1. The lowest BCUT2D eigenvalue weighted by Crippen LogP contribution is -2.25. The summed E-state index contributed by atoms with van der Waals surface area (Å²) in [5.41, 5.74) is 1.83. The third-order valence-electron chi connectivity index (χ3n) is 4.18. The molecular formula is C21H22BrN3O4S. The van der Waals surface area contributed by atoms with Gasteiger partial charge < -0.3 is 14.8 Å². The third-order valence-corrected chi connectivity index (χ3v) is 5.76. The molecule has 1 unspecified atom stereocenters. The van der Waals surface area contributed by atoms with Crippen molar-refractivity contribution in [1.29, 1.82) is 0 Å². The smallest absolute Gasteiger partial charge is 0.241 e. The van der Waals surface area contributed by atoms with Gasteiger partial charge >= 0.3 is 0 Å². The maximum atomic E-state index is 12.1. The van der Waals surface area contributed by atoms with E-state index in [1.165, 1.54) is 30.6 Å². The predicted molar refractivity (Wildman–Crippen MR) is 120 cm³/mol. The van der Waals surface area contributed by atoms with E-state index in [0.29, 0.717) is 24.1 Å². The first-order chi connectivity index (χ1) is 14.3. The molecule has 0 saturated heterocycles. The van der Waals surface area contributed by atoms with Gasteiger partial charge in [0.1, 0.15) is 30.1 Å². The van der Waals surface area contributed by atoms with E-state index in [2.05, 4.69) is 26.3 Å². The minimum absolute atomic E-state index is 0.235. The van der Waals surface area contributed by atoms with Crippen molar-refractivity contribution in [3.05, 3.63) is 58.1 Å². The molecule has 30 heavy (non-hydrogen) atoms. The molecule has 2 amide bonds. The third kappa shape index (κ3) is 5.54. The van der Waals surface area contributed by atoms with E-state index in [0.717, 1.165) is 21.3 Å². The van der Waals surface area contributed by atoms with E-state index < -0.39 is 5.37 Å². The van der Waals surface area contributed by atoms with Gasteiger partial charge in [0.15, 0.2) is 5.17 Å². The Morgan fingerprint density at radius 1 is 1.13 bits per heavy atom. The lowest BCUT2D eigenvalue weighted by molar-refractivity contribution is -0.129. The quantitative estimate of drug-likeness (QED) is 0.611. The summed E-state index contributed by atoms with van der Waals surface area (Å²) in [7, 11) is 0. The van der Waals surface area contributed by atoms with Crippen molar-refractivity contribution in [3.63, 3.8) is 0 Å². The van der Waals surface area contributed by atoms with Crippen molar-refractivity contribution in [2.24, 2.45) is 5.10 Å². The predicted octanol–water partition coefficient (Wildman–Crippen LogP) is 4.22. The summed E-state index contributed by atoms with van der Waals surface area (Å²) in [5, 5.41) is 8.15. The first-order valence-electron chi connectivity index (χ1n) is 9.28. The van der Waals surface area contributed by atoms with Crippen LogP contribution in [0.4, 0.5) is 0 Å². The van der Waals surface area contributed by atoms with Crippen molar-refractivity contribution in [1.82, 2.24) is 10.3 Å². The normalized spacial score (nSPS) is 15.5. The van der Waals surface area contributed by atoms with Gasteiger partial charge in [0, 0.05) is 23.9 Å². The zero-order valence-corrected chi connectivity index (χ0v) is 19.2. The van der Waals surface area contributed by atoms with Crippen molar-refractivity contribution in [2.45, 2.75) is 26.1 Å². The van der Waals surface area contributed by atoms with Crippen molar-refractivity contribution in [3.8, 4) is 11.5 Å². The second kappa shape index (κ2) is 9.99. The van der Waals surface area contributed by atoms with Crippen LogP contribution in [0, 0.1) is 6.92 Å². The fourth-order valence-electron chi connectivity index (χ4n) is 2.83. The number of hydrogen-bond acceptors (Lipinski definition) is 6. The molecule has 0 bridgehead atoms. The fourth-order valence-corrected chi connectivity index (χ4v) is 4.37. The van der Waals surface area contributed by atoms with E-state index in [1.54, 1.807) is 0 Å². The summed E-state index contributed by atoms with van der Waals surface area (Å²) in [5.74, 6) is 0.959. The number of aryl methyl sites for hydroxylation is 1. The standard InChI is InChI=1S/C21H22BrN3O4S/c1-13-6-4-5-7-18(13)28-10-11-29-19-9-8-16(22)12-17(19)20-25(15(3)27)24-21(30-20)23-14(2)26/h4-9,12,20H,10-11H2,1-3H3,(H,23,24,26). The van der Waals surface area contributed by atoms with Crippen LogP contribution < -0.4 is 14.8 Å². The van der Waals surface area contributed by atoms with E-state index >= 15 is 0 Å². The molecule has 0 saturated carbocycles. The molecule has 1 aliphatic heterocycles. The summed E-state index contributed by atoms with van der Waals surface area (Å²) in [6, 6.07) is 13.4. The fraction of sp³-hybridized carbons (Fsp3) is 0.286. The minimum Gasteiger partial charge on any atom is -0.490 e. The van der Waals surface area contributed by atoms with Crippen molar-refractivity contribution in [2.75, 3.05) is 13.2 Å². The van der Waals surface area contributed by atoms with E-state index in [9.17, 15) is 9.59 Å². The summed E-state index contributed by atoms with van der Waals surface area (Å²) in [6.07, 6.45) is 0. The monoisotopic (exact) mass is 491 g/mol. The topological polar surface area (TPSA) is 80.2 Å². The number of amides is 2. The first-order valence-corrected chi connectivity index (χ1v) is 11.0. The van der Waals surface area contributed by atoms with Gasteiger partial charge in [0.2, 0.25) is 11.8 Å². The Morgan fingerprint density at radius 2 is 1.83 bits per heavy atom. The van der Waals surface area contributed by atoms with Gasteiger partial charge in [0.05, 0.1) is 0 Å². The van der Waals surface area contributed by atoms with Crippen LogP contribution in [0.2, 0.25) is 0 Å². The van der Waals surface area contributed by atoms with Gasteiger partial charge in [-0.3, -0.25) is 9.59 Å². The van der Waals surface area contributed by atoms with Gasteiger partial charge in [-0.05, 0) is 36.8 Å². The first kappa shape index (κ1) is 22.2. The minimum atomic E-state index is -0.450. The Balaban J connectivity index is 1.72. The zero-order chi connectivity index (χ0) is 21.7. The molecule has 7 nitrogen and oxygen atoms in total. The molecule has 1 atom stereocenters. The highest BCUT2D eigenvalue weighted by Gasteiger charge is 2.34. The van der Waals surface area contributed by atoms with Crippen LogP contribution in [-0.2, 0) is 9.59 Å². The van der Waals surface area contributed by atoms with Gasteiger partial charge in [-0.15, -0.1) is 5.10 Å². The number of para-hydroxylation sites is 1. The maximum absolute atomic E-state index is 12.1. The lowest BCUT2D eigenvalue weighted by atomic mass is 10.2. The Bertz CT molecular complexity index is 982. The molecule has 0 aromatic heterocycles.